The molecule has 45 heavy (non-hydrogen) atoms. The molecule has 2 aromatic carbocycles. The van der Waals surface area contributed by atoms with E-state index >= 15 is 0 Å². The average Bonchev–Trinajstić information content (AvgIpc) is 3.47. The number of nitriles is 1. The molecule has 2 saturated heterocycles. The topological polar surface area (TPSA) is 98.1 Å². The Morgan fingerprint density at radius 2 is 1.91 bits per heavy atom. The van der Waals surface area contributed by atoms with E-state index in [-0.39, 0.29) is 25.0 Å². The van der Waals surface area contributed by atoms with Crippen molar-refractivity contribution in [3.05, 3.63) is 53.2 Å². The van der Waals surface area contributed by atoms with Gasteiger partial charge < -0.3 is 29.1 Å². The first-order chi connectivity index (χ1) is 22.0. The molecule has 0 saturated carbocycles. The number of piperazine rings is 1. The van der Waals surface area contributed by atoms with Gasteiger partial charge in [0, 0.05) is 56.0 Å². The van der Waals surface area contributed by atoms with Crippen molar-refractivity contribution in [3.63, 3.8) is 0 Å². The fourth-order valence-electron chi connectivity index (χ4n) is 6.90. The van der Waals surface area contributed by atoms with Crippen LogP contribution in [0.15, 0.2) is 36.4 Å². The van der Waals surface area contributed by atoms with Crippen molar-refractivity contribution in [1.82, 2.24) is 19.8 Å². The molecule has 0 aliphatic carbocycles. The van der Waals surface area contributed by atoms with Gasteiger partial charge in [-0.15, -0.1) is 0 Å². The highest BCUT2D eigenvalue weighted by Crippen LogP contribution is 2.36. The van der Waals surface area contributed by atoms with E-state index in [0.29, 0.717) is 44.8 Å². The zero-order valence-electron chi connectivity index (χ0n) is 26.5. The van der Waals surface area contributed by atoms with Gasteiger partial charge in [0.25, 0.3) is 5.91 Å². The second kappa shape index (κ2) is 13.7. The summed E-state index contributed by atoms with van der Waals surface area (Å²) in [5, 5.41) is 12.1. The predicted molar refractivity (Wildman–Crippen MR) is 174 cm³/mol. The van der Waals surface area contributed by atoms with Crippen LogP contribution in [0.25, 0.3) is 10.8 Å². The summed E-state index contributed by atoms with van der Waals surface area (Å²) < 4.78 is 11.3. The number of aryl methyl sites for hydroxylation is 1. The van der Waals surface area contributed by atoms with Crippen LogP contribution in [0.4, 0.5) is 11.5 Å². The molecule has 4 heterocycles. The Hall–Kier alpha value is -4.38. The number of anilines is 2. The zero-order chi connectivity index (χ0) is 31.3. The lowest BCUT2D eigenvalue weighted by atomic mass is 9.99. The number of carbonyl (C=O) groups is 1. The standard InChI is InChI=1S/C35H41N7O3/c1-25-8-4-9-26-10-5-12-31(33(25)26)40-18-15-29-30(23-40)37-35(45-24-28-11-6-17-39(28)2)38-34(29)41-19-20-42(27(22-41)14-16-36)32(43)13-7-21-44-3/h4-5,8-10,12,27-28H,6,11,14-15,17-24H2,1-3H3/t27-,28+/m0/s1. The van der Waals surface area contributed by atoms with E-state index in [9.17, 15) is 10.1 Å². The Kier molecular flexibility index (Phi) is 9.34. The van der Waals surface area contributed by atoms with E-state index < -0.39 is 0 Å². The molecule has 0 unspecified atom stereocenters. The number of aromatic nitrogens is 2. The molecule has 3 aromatic rings. The molecule has 10 nitrogen and oxygen atoms in total. The Morgan fingerprint density at radius 1 is 1.07 bits per heavy atom. The first-order valence-corrected chi connectivity index (χ1v) is 15.8. The average molecular weight is 608 g/mol. The minimum atomic E-state index is -0.297. The van der Waals surface area contributed by atoms with E-state index in [2.05, 4.69) is 83.0 Å². The van der Waals surface area contributed by atoms with Gasteiger partial charge >= 0.3 is 6.01 Å². The summed E-state index contributed by atoms with van der Waals surface area (Å²) in [6, 6.07) is 15.6. The predicted octanol–water partition coefficient (Wildman–Crippen LogP) is 3.55. The third-order valence-electron chi connectivity index (χ3n) is 9.31. The van der Waals surface area contributed by atoms with Gasteiger partial charge in [-0.3, -0.25) is 4.79 Å². The number of nitrogens with zero attached hydrogens (tertiary/aromatic N) is 7. The third kappa shape index (κ3) is 6.54. The summed E-state index contributed by atoms with van der Waals surface area (Å²) in [6.07, 6.45) is 3.26. The molecule has 1 amide bonds. The fraction of sp³-hybridized carbons (Fsp3) is 0.486. The van der Waals surface area contributed by atoms with E-state index in [4.69, 9.17) is 19.4 Å². The molecule has 2 fully saturated rings. The minimum absolute atomic E-state index is 0.191. The number of carbonyl (C=O) groups excluding carboxylic acids is 1. The Labute approximate surface area is 265 Å². The summed E-state index contributed by atoms with van der Waals surface area (Å²) in [6.45, 7) is 6.98. The lowest BCUT2D eigenvalue weighted by Gasteiger charge is -2.41. The number of likely N-dealkylation sites (tertiary alicyclic amines) is 1. The fourth-order valence-corrected chi connectivity index (χ4v) is 6.90. The Morgan fingerprint density at radius 3 is 2.69 bits per heavy atom. The van der Waals surface area contributed by atoms with Gasteiger partial charge in [0.1, 0.15) is 19.0 Å². The molecule has 3 aliphatic rings. The van der Waals surface area contributed by atoms with Gasteiger partial charge in [0.05, 0.1) is 30.8 Å². The van der Waals surface area contributed by atoms with Gasteiger partial charge in [-0.1, -0.05) is 36.3 Å². The van der Waals surface area contributed by atoms with Gasteiger partial charge in [-0.05, 0) is 62.7 Å². The van der Waals surface area contributed by atoms with Gasteiger partial charge in [0.15, 0.2) is 0 Å². The molecule has 0 radical (unpaired) electrons. The molecular weight excluding hydrogens is 566 g/mol. The number of fused-ring (bicyclic) bond motifs is 2. The highest BCUT2D eigenvalue weighted by atomic mass is 16.5. The van der Waals surface area contributed by atoms with Crippen molar-refractivity contribution in [1.29, 1.82) is 5.26 Å². The molecule has 234 valence electrons. The Balaban J connectivity index is 1.31. The SMILES string of the molecule is COCC#CC(=O)N1CCN(c2nc(OC[C@H]3CCCN3C)nc3c2CCN(c2cccc4cccc(C)c24)C3)C[C@@H]1CC#N. The van der Waals surface area contributed by atoms with Crippen LogP contribution in [0.2, 0.25) is 0 Å². The van der Waals surface area contributed by atoms with Crippen molar-refractivity contribution >= 4 is 28.2 Å². The Bertz CT molecular complexity index is 1650. The summed E-state index contributed by atoms with van der Waals surface area (Å²) in [5.41, 5.74) is 4.54. The molecule has 2 atom stereocenters. The van der Waals surface area contributed by atoms with E-state index in [1.807, 2.05) is 0 Å². The van der Waals surface area contributed by atoms with Crippen LogP contribution in [0, 0.1) is 30.1 Å². The van der Waals surface area contributed by atoms with Crippen LogP contribution in [0.3, 0.4) is 0 Å². The second-order valence-electron chi connectivity index (χ2n) is 12.2. The number of likely N-dealkylation sites (N-methyl/N-ethyl adjacent to an activating group) is 1. The maximum atomic E-state index is 12.9. The summed E-state index contributed by atoms with van der Waals surface area (Å²) in [4.78, 5) is 31.6. The van der Waals surface area contributed by atoms with Gasteiger partial charge in [-0.2, -0.15) is 15.2 Å². The molecule has 1 aromatic heterocycles. The molecule has 0 spiro atoms. The lowest BCUT2D eigenvalue weighted by Crippen LogP contribution is -2.55. The lowest BCUT2D eigenvalue weighted by molar-refractivity contribution is -0.127. The molecule has 10 heteroatoms. The maximum Gasteiger partial charge on any atom is 0.318 e. The second-order valence-corrected chi connectivity index (χ2v) is 12.2. The number of hydrogen-bond acceptors (Lipinski definition) is 9. The summed E-state index contributed by atoms with van der Waals surface area (Å²) in [7, 11) is 3.69. The van der Waals surface area contributed by atoms with Crippen LogP contribution in [0.1, 0.15) is 36.1 Å². The molecular formula is C35H41N7O3. The highest BCUT2D eigenvalue weighted by Gasteiger charge is 2.34. The number of hydrogen-bond donors (Lipinski definition) is 0. The van der Waals surface area contributed by atoms with Crippen LogP contribution in [-0.2, 0) is 22.5 Å². The molecule has 0 bridgehead atoms. The van der Waals surface area contributed by atoms with E-state index in [0.717, 1.165) is 43.0 Å². The number of benzene rings is 2. The van der Waals surface area contributed by atoms with Gasteiger partial charge in [0.2, 0.25) is 0 Å². The van der Waals surface area contributed by atoms with Crippen LogP contribution >= 0.6 is 0 Å². The molecule has 3 aliphatic heterocycles. The largest absolute Gasteiger partial charge is 0.462 e. The molecule has 6 rings (SSSR count). The third-order valence-corrected chi connectivity index (χ3v) is 9.31. The van der Waals surface area contributed by atoms with Gasteiger partial charge in [-0.25, -0.2) is 0 Å². The number of rotatable bonds is 7. The summed E-state index contributed by atoms with van der Waals surface area (Å²) >= 11 is 0. The van der Waals surface area contributed by atoms with Crippen molar-refractivity contribution in [2.45, 2.75) is 51.2 Å². The van der Waals surface area contributed by atoms with Crippen molar-refractivity contribution in [2.24, 2.45) is 0 Å². The van der Waals surface area contributed by atoms with Crippen LogP contribution in [-0.4, -0.2) is 97.9 Å². The maximum absolute atomic E-state index is 12.9. The highest BCUT2D eigenvalue weighted by molar-refractivity contribution is 5.97. The zero-order valence-corrected chi connectivity index (χ0v) is 26.5. The number of methoxy groups -OCH3 is 1. The quantitative estimate of drug-likeness (QED) is 0.374. The normalized spacial score (nSPS) is 20.0. The minimum Gasteiger partial charge on any atom is -0.462 e. The molecule has 0 N–H and O–H groups in total. The number of amides is 1. The first kappa shape index (κ1) is 30.6. The summed E-state index contributed by atoms with van der Waals surface area (Å²) in [5.74, 6) is 6.00. The van der Waals surface area contributed by atoms with Crippen molar-refractivity contribution in [2.75, 3.05) is 69.9 Å². The van der Waals surface area contributed by atoms with Crippen molar-refractivity contribution in [3.8, 4) is 23.9 Å². The van der Waals surface area contributed by atoms with Crippen molar-refractivity contribution < 1.29 is 14.3 Å². The smallest absolute Gasteiger partial charge is 0.318 e. The van der Waals surface area contributed by atoms with Crippen LogP contribution in [0.5, 0.6) is 6.01 Å². The number of ether oxygens (including phenoxy) is 2. The monoisotopic (exact) mass is 607 g/mol. The van der Waals surface area contributed by atoms with E-state index in [1.165, 1.54) is 28.4 Å². The van der Waals surface area contributed by atoms with E-state index in [1.54, 1.807) is 12.0 Å². The van der Waals surface area contributed by atoms with Crippen LogP contribution < -0.4 is 14.5 Å². The first-order valence-electron chi connectivity index (χ1n) is 15.8.